The lowest BCUT2D eigenvalue weighted by Gasteiger charge is -2.19. The third kappa shape index (κ3) is 14.7. The van der Waals surface area contributed by atoms with E-state index in [0.717, 1.165) is 37.9 Å². The third-order valence-corrected chi connectivity index (χ3v) is 12.4. The molecular weight excluding hydrogens is 1020 g/mol. The van der Waals surface area contributed by atoms with Crippen LogP contribution in [-0.4, -0.2) is 115 Å². The number of azo groups is 1. The standard InChI is InChI=1S/C34H30BClFN14O14S4/c36-29-40-31(38-20-7-10-21(11-8-20)66(54,55)13-12-65-69(62,63)64)44-33(41-29)46-35-47-34-43-30(37)42-32(45-34)39-25-15-23(68(59,60)61)16-26(27(25)53)49-51-28(18-4-2-1-3-5-18)50-48-24-14-22(67(56,57)58)9-6-19(24)17-52/h1-11,14-17,49,53,56-58H,12-13H2,(H,59,60,61)(H,62,63,64)(H2,38,40,41,44,46)(H2,39,42,43,45,47). The van der Waals surface area contributed by atoms with E-state index in [1.165, 1.54) is 36.4 Å². The number of amidine groups is 1. The molecule has 0 saturated carbocycles. The fourth-order valence-corrected chi connectivity index (χ4v) is 7.93. The number of hydrogen-bond acceptors (Lipinski definition) is 25. The Morgan fingerprint density at radius 3 is 1.99 bits per heavy atom. The van der Waals surface area contributed by atoms with Gasteiger partial charge in [0.05, 0.1) is 38.4 Å². The molecule has 6 rings (SSSR count). The number of halogens is 2. The van der Waals surface area contributed by atoms with E-state index in [1.807, 2.05) is 0 Å². The number of nitrogens with one attached hydrogen (secondary N) is 5. The SMILES string of the molecule is O=Cc1ccc(S(O)(O)O)cc1N=NC(=NNc1cc(S(=O)(=O)O)cc(Nc2nc(F)nc(N[B]Nc3nc(Cl)nc(Nc4ccc(S(=O)(=O)CCOS(=O)(=O)O)cc4)n3)n2)c1O)c1ccccc1. The summed E-state index contributed by atoms with van der Waals surface area (Å²) in [5.41, 5.74) is 1.62. The first-order valence-corrected chi connectivity index (χ1v) is 24.7. The minimum atomic E-state index is -5.02. The minimum absolute atomic E-state index is 0.0745. The van der Waals surface area contributed by atoms with Crippen LogP contribution in [0.15, 0.2) is 115 Å². The van der Waals surface area contributed by atoms with Gasteiger partial charge >= 0.3 is 24.0 Å². The molecule has 0 saturated heterocycles. The van der Waals surface area contributed by atoms with Gasteiger partial charge in [-0.1, -0.05) is 30.3 Å². The van der Waals surface area contributed by atoms with Crippen molar-refractivity contribution in [2.75, 3.05) is 38.9 Å². The van der Waals surface area contributed by atoms with Crippen molar-refractivity contribution in [1.82, 2.24) is 29.9 Å². The molecule has 0 bridgehead atoms. The summed E-state index contributed by atoms with van der Waals surface area (Å²) >= 11 is 6.04. The Labute approximate surface area is 395 Å². The number of anilines is 7. The fourth-order valence-electron chi connectivity index (χ4n) is 5.23. The lowest BCUT2D eigenvalue weighted by atomic mass is 10.2. The van der Waals surface area contributed by atoms with Crippen molar-refractivity contribution in [2.24, 2.45) is 15.3 Å². The first-order valence-electron chi connectivity index (χ1n) is 18.4. The molecule has 0 spiro atoms. The molecule has 361 valence electrons. The number of phenolic OH excluding ortho intramolecular Hbond substituents is 1. The lowest BCUT2D eigenvalue weighted by molar-refractivity contribution is 0.112. The topological polar surface area (TPSA) is 425 Å². The number of hydrazone groups is 1. The Hall–Kier alpha value is -7.12. The van der Waals surface area contributed by atoms with Crippen LogP contribution < -0.4 is 26.5 Å². The van der Waals surface area contributed by atoms with Gasteiger partial charge in [0, 0.05) is 16.8 Å². The molecule has 0 aliphatic rings. The van der Waals surface area contributed by atoms with Crippen LogP contribution in [0.3, 0.4) is 0 Å². The molecule has 0 aliphatic carbocycles. The molecular formula is C34H30BClFN14O14S4. The van der Waals surface area contributed by atoms with Gasteiger partial charge in [-0.15, -0.1) is 10.2 Å². The number of aromatic hydroxyl groups is 1. The van der Waals surface area contributed by atoms with Gasteiger partial charge in [0.1, 0.15) is 16.6 Å². The molecule has 2 heterocycles. The molecule has 11 N–H and O–H groups in total. The number of rotatable bonds is 20. The van der Waals surface area contributed by atoms with Crippen LogP contribution in [0.2, 0.25) is 5.28 Å². The first-order chi connectivity index (χ1) is 32.5. The van der Waals surface area contributed by atoms with Gasteiger partial charge in [0.25, 0.3) is 10.1 Å². The van der Waals surface area contributed by atoms with E-state index >= 15 is 0 Å². The lowest BCUT2D eigenvalue weighted by Crippen LogP contribution is -2.21. The van der Waals surface area contributed by atoms with E-state index in [0.29, 0.717) is 6.29 Å². The number of carbonyl (C=O) groups excluding carboxylic acids is 1. The Kier molecular flexibility index (Phi) is 15.9. The van der Waals surface area contributed by atoms with E-state index in [-0.39, 0.29) is 55.3 Å². The van der Waals surface area contributed by atoms with Crippen LogP contribution in [0.4, 0.5) is 50.9 Å². The predicted octanol–water partition coefficient (Wildman–Crippen LogP) is 4.89. The van der Waals surface area contributed by atoms with Crippen molar-refractivity contribution < 1.29 is 66.5 Å². The second kappa shape index (κ2) is 21.5. The van der Waals surface area contributed by atoms with Gasteiger partial charge < -0.3 is 39.9 Å². The fraction of sp³-hybridized carbons (Fsp3) is 0.0588. The largest absolute Gasteiger partial charge is 0.504 e. The molecule has 0 fully saturated rings. The van der Waals surface area contributed by atoms with Crippen LogP contribution in [0.25, 0.3) is 0 Å². The van der Waals surface area contributed by atoms with Crippen LogP contribution in [0.5, 0.6) is 5.75 Å². The number of aromatic nitrogens is 6. The van der Waals surface area contributed by atoms with E-state index in [9.17, 15) is 57.8 Å². The number of carbonyl (C=O) groups is 1. The minimum Gasteiger partial charge on any atom is -0.504 e. The summed E-state index contributed by atoms with van der Waals surface area (Å²) in [7, 11) is -17.1. The Balaban J connectivity index is 1.18. The van der Waals surface area contributed by atoms with Gasteiger partial charge in [-0.3, -0.25) is 19.3 Å². The highest BCUT2D eigenvalue weighted by Crippen LogP contribution is 2.45. The number of benzene rings is 4. The van der Waals surface area contributed by atoms with Crippen molar-refractivity contribution in [3.05, 3.63) is 107 Å². The normalized spacial score (nSPS) is 12.6. The second-order valence-electron chi connectivity index (χ2n) is 13.1. The van der Waals surface area contributed by atoms with Crippen LogP contribution in [0.1, 0.15) is 15.9 Å². The molecule has 6 aromatic rings. The summed E-state index contributed by atoms with van der Waals surface area (Å²) in [5, 5.41) is 33.2. The molecule has 2 aromatic heterocycles. The van der Waals surface area contributed by atoms with Gasteiger partial charge in [-0.2, -0.15) is 56.2 Å². The average Bonchev–Trinajstić information content (AvgIpc) is 3.26. The van der Waals surface area contributed by atoms with Crippen molar-refractivity contribution in [2.45, 2.75) is 14.7 Å². The number of phenols is 1. The van der Waals surface area contributed by atoms with Crippen molar-refractivity contribution in [3.63, 3.8) is 0 Å². The Bertz CT molecular complexity index is 3300. The maximum Gasteiger partial charge on any atom is 0.397 e. The van der Waals surface area contributed by atoms with Gasteiger partial charge in [-0.25, -0.2) is 12.6 Å². The average molecular weight is 1050 g/mol. The molecule has 35 heteroatoms. The van der Waals surface area contributed by atoms with Crippen molar-refractivity contribution in [1.29, 1.82) is 0 Å². The van der Waals surface area contributed by atoms with E-state index in [1.54, 1.807) is 18.2 Å². The summed E-state index contributed by atoms with van der Waals surface area (Å²) in [6, 6.07) is 17.7. The summed E-state index contributed by atoms with van der Waals surface area (Å²) in [4.78, 5) is 33.2. The zero-order chi connectivity index (χ0) is 50.1. The molecule has 28 nitrogen and oxygen atoms in total. The molecule has 4 aromatic carbocycles. The predicted molar refractivity (Wildman–Crippen MR) is 245 cm³/mol. The van der Waals surface area contributed by atoms with Gasteiger partial charge in [0.2, 0.25) is 34.9 Å². The maximum absolute atomic E-state index is 14.7. The molecule has 1 radical (unpaired) electrons. The van der Waals surface area contributed by atoms with Crippen LogP contribution >= 0.6 is 22.5 Å². The smallest absolute Gasteiger partial charge is 0.397 e. The maximum atomic E-state index is 14.7. The Morgan fingerprint density at radius 1 is 0.739 bits per heavy atom. The quantitative estimate of drug-likeness (QED) is 0.00708. The van der Waals surface area contributed by atoms with Crippen LogP contribution in [0, 0.1) is 6.08 Å². The number of hydrogen-bond donors (Lipinski definition) is 11. The van der Waals surface area contributed by atoms with Gasteiger partial charge in [-0.05, 0) is 66.2 Å². The second-order valence-corrected chi connectivity index (χ2v) is 19.6. The zero-order valence-electron chi connectivity index (χ0n) is 34.0. The van der Waals surface area contributed by atoms with Crippen LogP contribution in [-0.2, 0) is 34.5 Å². The van der Waals surface area contributed by atoms with Gasteiger partial charge in [0.15, 0.2) is 21.9 Å². The summed E-state index contributed by atoms with van der Waals surface area (Å²) < 4.78 is 138. The third-order valence-electron chi connectivity index (χ3n) is 8.31. The molecule has 0 unspecified atom stereocenters. The van der Waals surface area contributed by atoms with E-state index < -0.39 is 93.6 Å². The molecule has 0 aliphatic heterocycles. The molecule has 69 heavy (non-hydrogen) atoms. The van der Waals surface area contributed by atoms with Crippen molar-refractivity contribution >= 4 is 119 Å². The Morgan fingerprint density at radius 2 is 1.35 bits per heavy atom. The van der Waals surface area contributed by atoms with Crippen molar-refractivity contribution in [3.8, 4) is 5.75 Å². The monoisotopic (exact) mass is 1050 g/mol. The first kappa shape index (κ1) is 51.3. The number of aldehydes is 1. The molecule has 0 amide bonds. The summed E-state index contributed by atoms with van der Waals surface area (Å²) in [6.07, 6.45) is -1.00. The zero-order valence-corrected chi connectivity index (χ0v) is 38.0. The highest BCUT2D eigenvalue weighted by molar-refractivity contribution is 8.19. The number of sulfone groups is 1. The highest BCUT2D eigenvalue weighted by atomic mass is 35.5. The van der Waals surface area contributed by atoms with E-state index in [2.05, 4.69) is 75.9 Å². The summed E-state index contributed by atoms with van der Waals surface area (Å²) in [6.45, 7) is -0.822. The molecule has 0 atom stereocenters. The highest BCUT2D eigenvalue weighted by Gasteiger charge is 2.21. The van der Waals surface area contributed by atoms with E-state index in [4.69, 9.17) is 16.2 Å². The number of nitrogens with zero attached hydrogens (tertiary/aromatic N) is 9. The summed E-state index contributed by atoms with van der Waals surface area (Å²) in [5.74, 6) is -3.27.